The SMILES string of the molecule is O=C(N[C@@H]1C[C@@H]2CC[C@@H]1C2)c1ccc([N+](=O)[O-])cc1. The highest BCUT2D eigenvalue weighted by Gasteiger charge is 2.40. The Morgan fingerprint density at radius 1 is 1.21 bits per heavy atom. The van der Waals surface area contributed by atoms with Gasteiger partial charge >= 0.3 is 0 Å². The number of carbonyl (C=O) groups excluding carboxylic acids is 1. The number of rotatable bonds is 3. The minimum Gasteiger partial charge on any atom is -0.349 e. The lowest BCUT2D eigenvalue weighted by atomic mass is 9.95. The van der Waals surface area contributed by atoms with Gasteiger partial charge in [0.25, 0.3) is 11.6 Å². The molecule has 0 aliphatic heterocycles. The number of benzene rings is 1. The fourth-order valence-corrected chi connectivity index (χ4v) is 3.41. The van der Waals surface area contributed by atoms with E-state index in [1.807, 2.05) is 0 Å². The number of amides is 1. The molecule has 1 amide bonds. The molecule has 2 fully saturated rings. The summed E-state index contributed by atoms with van der Waals surface area (Å²) in [6.07, 6.45) is 4.85. The third-order valence-corrected chi connectivity index (χ3v) is 4.39. The zero-order valence-electron chi connectivity index (χ0n) is 10.5. The Labute approximate surface area is 111 Å². The number of fused-ring (bicyclic) bond motifs is 2. The number of hydrogen-bond donors (Lipinski definition) is 1. The number of carbonyl (C=O) groups is 1. The van der Waals surface area contributed by atoms with Crippen molar-refractivity contribution in [2.75, 3.05) is 0 Å². The molecule has 0 heterocycles. The molecular weight excluding hydrogens is 244 g/mol. The van der Waals surface area contributed by atoms with E-state index in [-0.39, 0.29) is 11.6 Å². The summed E-state index contributed by atoms with van der Waals surface area (Å²) in [5, 5.41) is 13.6. The monoisotopic (exact) mass is 260 g/mol. The van der Waals surface area contributed by atoms with Gasteiger partial charge in [-0.3, -0.25) is 14.9 Å². The molecule has 5 nitrogen and oxygen atoms in total. The predicted molar refractivity (Wildman–Crippen MR) is 69.8 cm³/mol. The molecule has 2 saturated carbocycles. The fourth-order valence-electron chi connectivity index (χ4n) is 3.41. The zero-order chi connectivity index (χ0) is 13.4. The summed E-state index contributed by atoms with van der Waals surface area (Å²) >= 11 is 0. The molecule has 0 aromatic heterocycles. The topological polar surface area (TPSA) is 72.2 Å². The molecule has 1 N–H and O–H groups in total. The molecule has 1 aromatic rings. The van der Waals surface area contributed by atoms with Crippen LogP contribution in [0.15, 0.2) is 24.3 Å². The van der Waals surface area contributed by atoms with Gasteiger partial charge in [-0.25, -0.2) is 0 Å². The number of nitro benzene ring substituents is 1. The van der Waals surface area contributed by atoms with E-state index in [2.05, 4.69) is 5.32 Å². The van der Waals surface area contributed by atoms with Crippen LogP contribution in [0.25, 0.3) is 0 Å². The fraction of sp³-hybridized carbons (Fsp3) is 0.500. The van der Waals surface area contributed by atoms with Crippen LogP contribution < -0.4 is 5.32 Å². The molecule has 2 aliphatic rings. The van der Waals surface area contributed by atoms with Gasteiger partial charge in [0.1, 0.15) is 0 Å². The maximum atomic E-state index is 12.1. The minimum atomic E-state index is -0.461. The van der Waals surface area contributed by atoms with Crippen molar-refractivity contribution in [3.05, 3.63) is 39.9 Å². The Kier molecular flexibility index (Phi) is 2.97. The van der Waals surface area contributed by atoms with Gasteiger partial charge in [-0.05, 0) is 43.2 Å². The van der Waals surface area contributed by atoms with Crippen LogP contribution in [0.1, 0.15) is 36.0 Å². The Bertz CT molecular complexity index is 512. The van der Waals surface area contributed by atoms with E-state index < -0.39 is 4.92 Å². The maximum Gasteiger partial charge on any atom is 0.269 e. The smallest absolute Gasteiger partial charge is 0.269 e. The summed E-state index contributed by atoms with van der Waals surface area (Å²) in [6, 6.07) is 6.06. The second kappa shape index (κ2) is 4.64. The molecule has 3 atom stereocenters. The van der Waals surface area contributed by atoms with Crippen molar-refractivity contribution < 1.29 is 9.72 Å². The first-order valence-corrected chi connectivity index (χ1v) is 6.69. The molecule has 1 aromatic carbocycles. The van der Waals surface area contributed by atoms with Gasteiger partial charge in [0.15, 0.2) is 0 Å². The zero-order valence-corrected chi connectivity index (χ0v) is 10.5. The van der Waals surface area contributed by atoms with Crippen LogP contribution in [0.4, 0.5) is 5.69 Å². The molecule has 5 heteroatoms. The van der Waals surface area contributed by atoms with Crippen LogP contribution in [-0.4, -0.2) is 16.9 Å². The summed E-state index contributed by atoms with van der Waals surface area (Å²) in [4.78, 5) is 22.2. The number of nitrogens with one attached hydrogen (secondary N) is 1. The van der Waals surface area contributed by atoms with Crippen molar-refractivity contribution in [2.45, 2.75) is 31.7 Å². The Morgan fingerprint density at radius 2 is 1.95 bits per heavy atom. The lowest BCUT2D eigenvalue weighted by Crippen LogP contribution is -2.38. The van der Waals surface area contributed by atoms with Gasteiger partial charge < -0.3 is 5.32 Å². The van der Waals surface area contributed by atoms with E-state index in [9.17, 15) is 14.9 Å². The van der Waals surface area contributed by atoms with E-state index in [0.717, 1.165) is 12.3 Å². The molecule has 0 spiro atoms. The molecule has 0 saturated heterocycles. The average molecular weight is 260 g/mol. The Hall–Kier alpha value is -1.91. The van der Waals surface area contributed by atoms with Crippen LogP contribution in [-0.2, 0) is 0 Å². The lowest BCUT2D eigenvalue weighted by molar-refractivity contribution is -0.384. The van der Waals surface area contributed by atoms with Crippen molar-refractivity contribution in [1.29, 1.82) is 0 Å². The van der Waals surface area contributed by atoms with Crippen molar-refractivity contribution >= 4 is 11.6 Å². The molecule has 0 radical (unpaired) electrons. The van der Waals surface area contributed by atoms with E-state index in [4.69, 9.17) is 0 Å². The van der Waals surface area contributed by atoms with Gasteiger partial charge in [0.05, 0.1) is 4.92 Å². The molecule has 0 unspecified atom stereocenters. The van der Waals surface area contributed by atoms with Crippen molar-refractivity contribution in [2.24, 2.45) is 11.8 Å². The molecule has 19 heavy (non-hydrogen) atoms. The lowest BCUT2D eigenvalue weighted by Gasteiger charge is -2.22. The first-order valence-electron chi connectivity index (χ1n) is 6.69. The van der Waals surface area contributed by atoms with Crippen LogP contribution in [0.3, 0.4) is 0 Å². The third kappa shape index (κ3) is 2.32. The summed E-state index contributed by atoms with van der Waals surface area (Å²) in [5.41, 5.74) is 0.504. The van der Waals surface area contributed by atoms with Gasteiger partial charge in [0, 0.05) is 23.7 Å². The third-order valence-electron chi connectivity index (χ3n) is 4.39. The standard InChI is InChI=1S/C14H16N2O3/c17-14(10-3-5-12(6-4-10)16(18)19)15-13-8-9-1-2-11(13)7-9/h3-6,9,11,13H,1-2,7-8H2,(H,15,17)/t9-,11-,13-/m1/s1. The van der Waals surface area contributed by atoms with Crippen molar-refractivity contribution in [3.8, 4) is 0 Å². The normalized spacial score (nSPS) is 28.3. The highest BCUT2D eigenvalue weighted by molar-refractivity contribution is 5.94. The molecule has 2 bridgehead atoms. The number of non-ortho nitro benzene ring substituents is 1. The van der Waals surface area contributed by atoms with E-state index in [1.165, 1.54) is 43.5 Å². The van der Waals surface area contributed by atoms with E-state index in [0.29, 0.717) is 17.5 Å². The van der Waals surface area contributed by atoms with Crippen LogP contribution in [0.2, 0.25) is 0 Å². The summed E-state index contributed by atoms with van der Waals surface area (Å²) in [6.45, 7) is 0. The van der Waals surface area contributed by atoms with Crippen molar-refractivity contribution in [3.63, 3.8) is 0 Å². The summed E-state index contributed by atoms with van der Waals surface area (Å²) in [5.74, 6) is 1.30. The second-order valence-corrected chi connectivity index (χ2v) is 5.56. The van der Waals surface area contributed by atoms with E-state index in [1.54, 1.807) is 0 Å². The van der Waals surface area contributed by atoms with Gasteiger partial charge in [-0.2, -0.15) is 0 Å². The molecular formula is C14H16N2O3. The van der Waals surface area contributed by atoms with Crippen LogP contribution in [0, 0.1) is 22.0 Å². The van der Waals surface area contributed by atoms with Crippen molar-refractivity contribution in [1.82, 2.24) is 5.32 Å². The van der Waals surface area contributed by atoms with Crippen LogP contribution in [0.5, 0.6) is 0 Å². The summed E-state index contributed by atoms with van der Waals surface area (Å²) < 4.78 is 0. The maximum absolute atomic E-state index is 12.1. The first kappa shape index (κ1) is 12.1. The molecule has 100 valence electrons. The molecule has 2 aliphatic carbocycles. The molecule has 3 rings (SSSR count). The van der Waals surface area contributed by atoms with Gasteiger partial charge in [-0.1, -0.05) is 6.42 Å². The van der Waals surface area contributed by atoms with E-state index >= 15 is 0 Å². The van der Waals surface area contributed by atoms with Crippen LogP contribution >= 0.6 is 0 Å². The quantitative estimate of drug-likeness (QED) is 0.670. The van der Waals surface area contributed by atoms with Gasteiger partial charge in [-0.15, -0.1) is 0 Å². The predicted octanol–water partition coefficient (Wildman–Crippen LogP) is 2.51. The second-order valence-electron chi connectivity index (χ2n) is 5.56. The average Bonchev–Trinajstić information content (AvgIpc) is 3.01. The first-order chi connectivity index (χ1) is 9.13. The summed E-state index contributed by atoms with van der Waals surface area (Å²) in [7, 11) is 0. The number of nitro groups is 1. The Morgan fingerprint density at radius 3 is 2.47 bits per heavy atom. The number of nitrogens with zero attached hydrogens (tertiary/aromatic N) is 1. The highest BCUT2D eigenvalue weighted by atomic mass is 16.6. The minimum absolute atomic E-state index is 0.0106. The number of hydrogen-bond acceptors (Lipinski definition) is 3. The highest BCUT2D eigenvalue weighted by Crippen LogP contribution is 2.44. The largest absolute Gasteiger partial charge is 0.349 e. The van der Waals surface area contributed by atoms with Gasteiger partial charge in [0.2, 0.25) is 0 Å². The Balaban J connectivity index is 1.65.